The van der Waals surface area contributed by atoms with E-state index < -0.39 is 17.7 Å². The molecular weight excluding hydrogens is 444 g/mol. The summed E-state index contributed by atoms with van der Waals surface area (Å²) in [6.07, 6.45) is 3.30. The minimum atomic E-state index is -0.792. The third kappa shape index (κ3) is 5.19. The van der Waals surface area contributed by atoms with E-state index in [1.165, 1.54) is 4.90 Å². The van der Waals surface area contributed by atoms with Crippen molar-refractivity contribution in [3.8, 4) is 11.5 Å². The van der Waals surface area contributed by atoms with Crippen LogP contribution in [0.15, 0.2) is 78.6 Å². The number of hydrogen-bond donors (Lipinski definition) is 1. The number of nitrogens with zero attached hydrogens (tertiary/aromatic N) is 2. The number of pyridine rings is 1. The first-order valence-corrected chi connectivity index (χ1v) is 11.4. The maximum Gasteiger partial charge on any atom is 0.295 e. The van der Waals surface area contributed by atoms with Crippen LogP contribution >= 0.6 is 0 Å². The zero-order valence-electron chi connectivity index (χ0n) is 20.0. The number of carbonyl (C=O) groups excluding carboxylic acids is 2. The fraction of sp³-hybridized carbons (Fsp3) is 0.250. The average Bonchev–Trinajstić information content (AvgIpc) is 3.13. The quantitative estimate of drug-likeness (QED) is 0.289. The summed E-state index contributed by atoms with van der Waals surface area (Å²) in [4.78, 5) is 32.0. The number of ketones is 1. The zero-order chi connectivity index (χ0) is 24.9. The molecule has 1 unspecified atom stereocenters. The van der Waals surface area contributed by atoms with E-state index in [0.29, 0.717) is 35.2 Å². The Labute approximate surface area is 204 Å². The normalized spacial score (nSPS) is 17.1. The van der Waals surface area contributed by atoms with Gasteiger partial charge in [-0.3, -0.25) is 14.6 Å². The second kappa shape index (κ2) is 10.4. The summed E-state index contributed by atoms with van der Waals surface area (Å²) in [5.41, 5.74) is 1.90. The van der Waals surface area contributed by atoms with Crippen LogP contribution in [0.25, 0.3) is 5.76 Å². The Hall–Kier alpha value is -4.13. The second-order valence-corrected chi connectivity index (χ2v) is 8.79. The Balaban J connectivity index is 1.81. The summed E-state index contributed by atoms with van der Waals surface area (Å²) >= 11 is 0. The number of Topliss-reactive ketones (excluding diaryl/α,β-unsaturated/α-hetero) is 1. The van der Waals surface area contributed by atoms with Gasteiger partial charge in [0.1, 0.15) is 17.3 Å². The van der Waals surface area contributed by atoms with E-state index in [-0.39, 0.29) is 17.9 Å². The van der Waals surface area contributed by atoms with Gasteiger partial charge < -0.3 is 19.5 Å². The Bertz CT molecular complexity index is 1240. The smallest absolute Gasteiger partial charge is 0.295 e. The lowest BCUT2D eigenvalue weighted by Gasteiger charge is -2.25. The molecule has 0 bridgehead atoms. The molecule has 2 aromatic carbocycles. The van der Waals surface area contributed by atoms with Crippen LogP contribution in [0.5, 0.6) is 11.5 Å². The van der Waals surface area contributed by atoms with E-state index in [9.17, 15) is 14.7 Å². The molecular formula is C28H28N2O5. The van der Waals surface area contributed by atoms with E-state index in [0.717, 1.165) is 5.56 Å². The fourth-order valence-corrected chi connectivity index (χ4v) is 4.02. The molecule has 7 heteroatoms. The van der Waals surface area contributed by atoms with Gasteiger partial charge in [-0.2, -0.15) is 0 Å². The molecule has 0 spiro atoms. The van der Waals surface area contributed by atoms with Gasteiger partial charge in [0.15, 0.2) is 0 Å². The monoisotopic (exact) mass is 472 g/mol. The molecule has 1 aliphatic heterocycles. The van der Waals surface area contributed by atoms with Crippen LogP contribution in [0.2, 0.25) is 0 Å². The number of aromatic nitrogens is 1. The third-order valence-electron chi connectivity index (χ3n) is 5.74. The molecule has 2 heterocycles. The van der Waals surface area contributed by atoms with Crippen molar-refractivity contribution in [2.45, 2.75) is 26.4 Å². The van der Waals surface area contributed by atoms with E-state index in [1.807, 2.05) is 30.3 Å². The molecule has 180 valence electrons. The topological polar surface area (TPSA) is 89.0 Å². The van der Waals surface area contributed by atoms with Crippen LogP contribution in [-0.4, -0.2) is 40.4 Å². The first kappa shape index (κ1) is 24.0. The SMILES string of the molecule is COc1ccc(/C(O)=C2/C(=O)C(=O)N(Cc3cccnc3)C2c2cccc(OCC(C)C)c2)cc1. The highest BCUT2D eigenvalue weighted by Gasteiger charge is 2.46. The third-order valence-corrected chi connectivity index (χ3v) is 5.74. The molecule has 7 nitrogen and oxygen atoms in total. The predicted octanol–water partition coefficient (Wildman–Crippen LogP) is 4.75. The molecule has 1 saturated heterocycles. The summed E-state index contributed by atoms with van der Waals surface area (Å²) in [5, 5.41) is 11.2. The van der Waals surface area contributed by atoms with Crippen molar-refractivity contribution < 1.29 is 24.2 Å². The summed E-state index contributed by atoms with van der Waals surface area (Å²) in [6, 6.07) is 16.8. The number of carbonyl (C=O) groups is 2. The van der Waals surface area contributed by atoms with Crippen molar-refractivity contribution in [1.29, 1.82) is 0 Å². The summed E-state index contributed by atoms with van der Waals surface area (Å²) in [5.74, 6) is -0.0657. The fourth-order valence-electron chi connectivity index (χ4n) is 4.02. The number of ether oxygens (including phenoxy) is 2. The molecule has 1 aromatic heterocycles. The number of benzene rings is 2. The predicted molar refractivity (Wildman–Crippen MR) is 132 cm³/mol. The van der Waals surface area contributed by atoms with Gasteiger partial charge in [-0.1, -0.05) is 32.0 Å². The molecule has 4 rings (SSSR count). The first-order valence-electron chi connectivity index (χ1n) is 11.4. The van der Waals surface area contributed by atoms with Crippen LogP contribution in [0.4, 0.5) is 0 Å². The minimum Gasteiger partial charge on any atom is -0.507 e. The molecule has 1 aliphatic rings. The maximum absolute atomic E-state index is 13.2. The molecule has 0 saturated carbocycles. The van der Waals surface area contributed by atoms with Gasteiger partial charge in [0.05, 0.1) is 25.3 Å². The van der Waals surface area contributed by atoms with Crippen molar-refractivity contribution in [2.75, 3.05) is 13.7 Å². The van der Waals surface area contributed by atoms with Gasteiger partial charge in [0, 0.05) is 24.5 Å². The highest BCUT2D eigenvalue weighted by atomic mass is 16.5. The lowest BCUT2D eigenvalue weighted by Crippen LogP contribution is -2.29. The largest absolute Gasteiger partial charge is 0.507 e. The van der Waals surface area contributed by atoms with Crippen LogP contribution in [-0.2, 0) is 16.1 Å². The number of amides is 1. The Morgan fingerprint density at radius 3 is 2.49 bits per heavy atom. The lowest BCUT2D eigenvalue weighted by molar-refractivity contribution is -0.140. The molecule has 0 aliphatic carbocycles. The summed E-state index contributed by atoms with van der Waals surface area (Å²) in [7, 11) is 1.55. The number of rotatable bonds is 8. The second-order valence-electron chi connectivity index (χ2n) is 8.79. The van der Waals surface area contributed by atoms with E-state index in [1.54, 1.807) is 49.8 Å². The summed E-state index contributed by atoms with van der Waals surface area (Å²) in [6.45, 7) is 4.81. The Morgan fingerprint density at radius 2 is 1.83 bits per heavy atom. The molecule has 35 heavy (non-hydrogen) atoms. The molecule has 1 atom stereocenters. The standard InChI is InChI=1S/C28H28N2O5/c1-18(2)17-35-23-8-4-7-21(14-23)25-24(26(31)20-9-11-22(34-3)12-10-20)27(32)28(33)30(25)16-19-6-5-13-29-15-19/h4-15,18,25,31H,16-17H2,1-3H3/b26-24-. The van der Waals surface area contributed by atoms with E-state index in [4.69, 9.17) is 9.47 Å². The van der Waals surface area contributed by atoms with Crippen LogP contribution in [0, 0.1) is 5.92 Å². The molecule has 1 amide bonds. The van der Waals surface area contributed by atoms with Gasteiger partial charge in [-0.05, 0) is 59.5 Å². The van der Waals surface area contributed by atoms with Crippen LogP contribution in [0.3, 0.4) is 0 Å². The van der Waals surface area contributed by atoms with Gasteiger partial charge in [0.2, 0.25) is 0 Å². The number of aliphatic hydroxyl groups is 1. The zero-order valence-corrected chi connectivity index (χ0v) is 20.0. The van der Waals surface area contributed by atoms with E-state index >= 15 is 0 Å². The average molecular weight is 473 g/mol. The minimum absolute atomic E-state index is 0.0325. The molecule has 0 radical (unpaired) electrons. The van der Waals surface area contributed by atoms with Crippen molar-refractivity contribution in [2.24, 2.45) is 5.92 Å². The Morgan fingerprint density at radius 1 is 1.06 bits per heavy atom. The highest BCUT2D eigenvalue weighted by molar-refractivity contribution is 6.46. The van der Waals surface area contributed by atoms with Crippen molar-refractivity contribution in [3.63, 3.8) is 0 Å². The van der Waals surface area contributed by atoms with Crippen molar-refractivity contribution >= 4 is 17.4 Å². The van der Waals surface area contributed by atoms with Gasteiger partial charge in [0.25, 0.3) is 11.7 Å². The lowest BCUT2D eigenvalue weighted by atomic mass is 9.95. The number of aliphatic hydroxyl groups excluding tert-OH is 1. The molecule has 1 fully saturated rings. The Kier molecular flexibility index (Phi) is 7.15. The molecule has 1 N–H and O–H groups in total. The number of hydrogen-bond acceptors (Lipinski definition) is 6. The van der Waals surface area contributed by atoms with Gasteiger partial charge in [-0.15, -0.1) is 0 Å². The highest BCUT2D eigenvalue weighted by Crippen LogP contribution is 2.41. The van der Waals surface area contributed by atoms with Crippen LogP contribution in [0.1, 0.15) is 36.6 Å². The van der Waals surface area contributed by atoms with E-state index in [2.05, 4.69) is 18.8 Å². The van der Waals surface area contributed by atoms with Gasteiger partial charge in [-0.25, -0.2) is 0 Å². The molecule has 3 aromatic rings. The first-order chi connectivity index (χ1) is 16.9. The van der Waals surface area contributed by atoms with Crippen LogP contribution < -0.4 is 9.47 Å². The van der Waals surface area contributed by atoms with Crippen molar-refractivity contribution in [3.05, 3.63) is 95.3 Å². The number of likely N-dealkylation sites (tertiary alicyclic amines) is 1. The maximum atomic E-state index is 13.2. The summed E-state index contributed by atoms with van der Waals surface area (Å²) < 4.78 is 11.1. The van der Waals surface area contributed by atoms with Crippen molar-refractivity contribution in [1.82, 2.24) is 9.88 Å². The van der Waals surface area contributed by atoms with Gasteiger partial charge >= 0.3 is 0 Å². The number of methoxy groups -OCH3 is 1.